The summed E-state index contributed by atoms with van der Waals surface area (Å²) in [7, 11) is 0. The van der Waals surface area contributed by atoms with Gasteiger partial charge in [0.05, 0.1) is 6.61 Å². The van der Waals surface area contributed by atoms with Crippen LogP contribution in [0.2, 0.25) is 0 Å². The van der Waals surface area contributed by atoms with Crippen LogP contribution >= 0.6 is 0 Å². The van der Waals surface area contributed by atoms with Crippen molar-refractivity contribution in [3.8, 4) is 0 Å². The molecule has 0 unspecified atom stereocenters. The molecule has 0 aromatic carbocycles. The van der Waals surface area contributed by atoms with Crippen molar-refractivity contribution >= 4 is 5.97 Å². The SMILES string of the molecule is CCCCCCCCCCCCCCCCCOCC(=O)OCCCCCCCCCCCCCCCCC. The maximum absolute atomic E-state index is 11.8. The maximum Gasteiger partial charge on any atom is 0.332 e. The number of hydrogen-bond donors (Lipinski definition) is 0. The summed E-state index contributed by atoms with van der Waals surface area (Å²) in [5.74, 6) is -0.193. The normalized spacial score (nSPS) is 11.3. The molecule has 0 aromatic heterocycles. The molecule has 0 aliphatic carbocycles. The van der Waals surface area contributed by atoms with Crippen LogP contribution in [0.5, 0.6) is 0 Å². The lowest BCUT2D eigenvalue weighted by Crippen LogP contribution is -2.14. The fraction of sp³-hybridized carbons (Fsp3) is 0.972. The van der Waals surface area contributed by atoms with E-state index in [-0.39, 0.29) is 12.6 Å². The number of esters is 1. The standard InChI is InChI=1S/C36H72O3/c1-3-5-7-9-11-13-15-17-19-21-23-25-27-29-31-33-38-35-36(37)39-34-32-30-28-26-24-22-20-18-16-14-12-10-8-6-4-2/h3-35H2,1-2H3. The highest BCUT2D eigenvalue weighted by Gasteiger charge is 2.03. The lowest BCUT2D eigenvalue weighted by Gasteiger charge is -2.06. The molecular formula is C36H72O3. The van der Waals surface area contributed by atoms with E-state index in [0.717, 1.165) is 12.8 Å². The zero-order valence-electron chi connectivity index (χ0n) is 27.1. The van der Waals surface area contributed by atoms with Crippen molar-refractivity contribution in [1.29, 1.82) is 0 Å². The van der Waals surface area contributed by atoms with Crippen molar-refractivity contribution in [1.82, 2.24) is 0 Å². The van der Waals surface area contributed by atoms with Crippen molar-refractivity contribution < 1.29 is 14.3 Å². The van der Waals surface area contributed by atoms with Crippen molar-refractivity contribution in [3.05, 3.63) is 0 Å². The van der Waals surface area contributed by atoms with E-state index in [1.54, 1.807) is 0 Å². The van der Waals surface area contributed by atoms with Gasteiger partial charge < -0.3 is 9.47 Å². The average molecular weight is 553 g/mol. The van der Waals surface area contributed by atoms with Gasteiger partial charge in [0, 0.05) is 6.61 Å². The first-order valence-electron chi connectivity index (χ1n) is 18.0. The number of carbonyl (C=O) groups excluding carboxylic acids is 1. The second-order valence-corrected chi connectivity index (χ2v) is 12.2. The van der Waals surface area contributed by atoms with E-state index in [9.17, 15) is 4.79 Å². The molecular weight excluding hydrogens is 480 g/mol. The van der Waals surface area contributed by atoms with Crippen LogP contribution in [-0.2, 0) is 14.3 Å². The third-order valence-corrected chi connectivity index (χ3v) is 8.12. The van der Waals surface area contributed by atoms with Crippen LogP contribution in [0.15, 0.2) is 0 Å². The van der Waals surface area contributed by atoms with Crippen LogP contribution in [0.1, 0.15) is 206 Å². The molecule has 0 rings (SSSR count). The molecule has 0 saturated heterocycles. The first-order valence-corrected chi connectivity index (χ1v) is 18.0. The predicted molar refractivity (Wildman–Crippen MR) is 172 cm³/mol. The summed E-state index contributed by atoms with van der Waals surface area (Å²) in [6.07, 6.45) is 40.8. The number of carbonyl (C=O) groups is 1. The summed E-state index contributed by atoms with van der Waals surface area (Å²) in [5, 5.41) is 0. The topological polar surface area (TPSA) is 35.5 Å². The van der Waals surface area contributed by atoms with Gasteiger partial charge in [-0.05, 0) is 12.8 Å². The summed E-state index contributed by atoms with van der Waals surface area (Å²) in [5.41, 5.74) is 0. The van der Waals surface area contributed by atoms with E-state index in [0.29, 0.717) is 13.2 Å². The molecule has 0 heterocycles. The van der Waals surface area contributed by atoms with Crippen LogP contribution in [-0.4, -0.2) is 25.8 Å². The molecule has 0 spiro atoms. The van der Waals surface area contributed by atoms with Crippen molar-refractivity contribution in [2.24, 2.45) is 0 Å². The Morgan fingerprint density at radius 2 is 0.615 bits per heavy atom. The molecule has 0 N–H and O–H groups in total. The molecule has 3 heteroatoms. The summed E-state index contributed by atoms with van der Waals surface area (Å²) in [4.78, 5) is 11.8. The van der Waals surface area contributed by atoms with E-state index >= 15 is 0 Å². The number of ether oxygens (including phenoxy) is 2. The minimum atomic E-state index is -0.193. The van der Waals surface area contributed by atoms with E-state index in [2.05, 4.69) is 13.8 Å². The zero-order chi connectivity index (χ0) is 28.3. The highest BCUT2D eigenvalue weighted by Crippen LogP contribution is 2.14. The van der Waals surface area contributed by atoms with Gasteiger partial charge in [0.2, 0.25) is 0 Å². The van der Waals surface area contributed by atoms with Gasteiger partial charge in [0.25, 0.3) is 0 Å². The van der Waals surface area contributed by atoms with Gasteiger partial charge in [-0.25, -0.2) is 4.79 Å². The summed E-state index contributed by atoms with van der Waals surface area (Å²) >= 11 is 0. The molecule has 0 aromatic rings. The molecule has 0 bridgehead atoms. The van der Waals surface area contributed by atoms with E-state index in [4.69, 9.17) is 9.47 Å². The molecule has 3 nitrogen and oxygen atoms in total. The van der Waals surface area contributed by atoms with Gasteiger partial charge in [-0.15, -0.1) is 0 Å². The lowest BCUT2D eigenvalue weighted by atomic mass is 10.0. The highest BCUT2D eigenvalue weighted by atomic mass is 16.6. The predicted octanol–water partition coefficient (Wildman–Crippen LogP) is 12.3. The molecule has 0 amide bonds. The second-order valence-electron chi connectivity index (χ2n) is 12.2. The molecule has 0 radical (unpaired) electrons. The lowest BCUT2D eigenvalue weighted by molar-refractivity contribution is -0.149. The minimum Gasteiger partial charge on any atom is -0.464 e. The number of unbranched alkanes of at least 4 members (excludes halogenated alkanes) is 28. The van der Waals surface area contributed by atoms with Crippen LogP contribution in [0, 0.1) is 0 Å². The highest BCUT2D eigenvalue weighted by molar-refractivity contribution is 5.70. The summed E-state index contributed by atoms with van der Waals surface area (Å²) < 4.78 is 10.8. The average Bonchev–Trinajstić information content (AvgIpc) is 2.94. The first-order chi connectivity index (χ1) is 19.3. The Morgan fingerprint density at radius 1 is 0.359 bits per heavy atom. The van der Waals surface area contributed by atoms with Crippen LogP contribution in [0.25, 0.3) is 0 Å². The van der Waals surface area contributed by atoms with Gasteiger partial charge in [0.1, 0.15) is 6.61 Å². The largest absolute Gasteiger partial charge is 0.464 e. The summed E-state index contributed by atoms with van der Waals surface area (Å²) in [6.45, 7) is 5.94. The summed E-state index contributed by atoms with van der Waals surface area (Å²) in [6, 6.07) is 0. The van der Waals surface area contributed by atoms with Gasteiger partial charge >= 0.3 is 5.97 Å². The Hall–Kier alpha value is -0.570. The first kappa shape index (κ1) is 38.4. The van der Waals surface area contributed by atoms with E-state index in [1.807, 2.05) is 0 Å². The Balaban J connectivity index is 3.14. The van der Waals surface area contributed by atoms with Crippen LogP contribution in [0.4, 0.5) is 0 Å². The third-order valence-electron chi connectivity index (χ3n) is 8.12. The Bertz CT molecular complexity index is 451. The molecule has 39 heavy (non-hydrogen) atoms. The molecule has 0 atom stereocenters. The minimum absolute atomic E-state index is 0.122. The van der Waals surface area contributed by atoms with Crippen LogP contribution in [0.3, 0.4) is 0 Å². The Morgan fingerprint density at radius 3 is 0.923 bits per heavy atom. The van der Waals surface area contributed by atoms with Crippen molar-refractivity contribution in [2.45, 2.75) is 206 Å². The Kier molecular flexibility index (Phi) is 34.9. The fourth-order valence-electron chi connectivity index (χ4n) is 5.43. The van der Waals surface area contributed by atoms with Gasteiger partial charge in [-0.2, -0.15) is 0 Å². The molecule has 0 saturated carbocycles. The molecule has 0 aliphatic rings. The Labute approximate surface area is 246 Å². The van der Waals surface area contributed by atoms with Gasteiger partial charge in [-0.1, -0.05) is 194 Å². The maximum atomic E-state index is 11.8. The van der Waals surface area contributed by atoms with Crippen molar-refractivity contribution in [2.75, 3.05) is 19.8 Å². The molecule has 0 fully saturated rings. The number of hydrogen-bond acceptors (Lipinski definition) is 3. The number of rotatable bonds is 34. The monoisotopic (exact) mass is 553 g/mol. The van der Waals surface area contributed by atoms with Crippen LogP contribution < -0.4 is 0 Å². The van der Waals surface area contributed by atoms with Gasteiger partial charge in [0.15, 0.2) is 0 Å². The third kappa shape index (κ3) is 35.4. The van der Waals surface area contributed by atoms with Gasteiger partial charge in [-0.3, -0.25) is 0 Å². The quantitative estimate of drug-likeness (QED) is 0.0588. The molecule has 0 aliphatic heterocycles. The smallest absolute Gasteiger partial charge is 0.332 e. The van der Waals surface area contributed by atoms with E-state index in [1.165, 1.54) is 180 Å². The fourth-order valence-corrected chi connectivity index (χ4v) is 5.43. The van der Waals surface area contributed by atoms with E-state index < -0.39 is 0 Å². The molecule has 234 valence electrons. The second kappa shape index (κ2) is 35.5. The van der Waals surface area contributed by atoms with Crippen molar-refractivity contribution in [3.63, 3.8) is 0 Å². The zero-order valence-corrected chi connectivity index (χ0v) is 27.1.